The van der Waals surface area contributed by atoms with Crippen molar-refractivity contribution in [2.75, 3.05) is 0 Å². The Morgan fingerprint density at radius 2 is 1.67 bits per heavy atom. The van der Waals surface area contributed by atoms with Crippen molar-refractivity contribution in [1.82, 2.24) is 0 Å². The van der Waals surface area contributed by atoms with Crippen LogP contribution in [0.2, 0.25) is 0 Å². The lowest BCUT2D eigenvalue weighted by molar-refractivity contribution is 0.267. The van der Waals surface area contributed by atoms with Gasteiger partial charge in [0.15, 0.2) is 0 Å². The van der Waals surface area contributed by atoms with Crippen molar-refractivity contribution in [3.05, 3.63) is 0 Å². The molecule has 1 N–H and O–H groups in total. The summed E-state index contributed by atoms with van der Waals surface area (Å²) >= 11 is 7.54. The van der Waals surface area contributed by atoms with Crippen LogP contribution in [0.3, 0.4) is 0 Å². The molecule has 3 heteroatoms. The maximum Gasteiger partial charge on any atom is 0.108 e. The van der Waals surface area contributed by atoms with Gasteiger partial charge in [-0.05, 0) is 0 Å². The van der Waals surface area contributed by atoms with Crippen LogP contribution in [0.1, 0.15) is 6.92 Å². The molecule has 0 bridgehead atoms. The predicted octanol–water partition coefficient (Wildman–Crippen LogP) is 0.553. The molecule has 0 saturated carbocycles. The molecule has 2 atom stereocenters. The Balaban J connectivity index is 2.99. The molecule has 0 fully saturated rings. The van der Waals surface area contributed by atoms with Gasteiger partial charge in [0.25, 0.3) is 0 Å². The monoisotopic (exact) mass is 124 g/mol. The predicted molar refractivity (Wildman–Crippen MR) is 33.4 cm³/mol. The molecule has 0 spiro atoms. The van der Waals surface area contributed by atoms with Gasteiger partial charge < -0.3 is 5.11 Å². The molecule has 0 heterocycles. The molecule has 0 aliphatic heterocycles. The molecular weight excluding hydrogens is 116 g/mol. The molecule has 0 aromatic carbocycles. The van der Waals surface area contributed by atoms with Crippen molar-refractivity contribution in [3.63, 3.8) is 0 Å². The topological polar surface area (TPSA) is 20.2 Å². The van der Waals surface area contributed by atoms with E-state index in [0.717, 1.165) is 0 Å². The summed E-state index contributed by atoms with van der Waals surface area (Å²) in [6.45, 7) is 1.78. The minimum atomic E-state index is -0.590. The largest absolute Gasteiger partial charge is 0.382 e. The molecule has 2 unspecified atom stereocenters. The van der Waals surface area contributed by atoms with E-state index in [4.69, 9.17) is 5.11 Å². The van der Waals surface area contributed by atoms with E-state index in [1.807, 2.05) is 0 Å². The molecule has 6 heavy (non-hydrogen) atoms. The number of thiol groups is 2. The normalized spacial score (nSPS) is 20.0. The highest BCUT2D eigenvalue weighted by atomic mass is 32.1. The molecule has 0 aromatic heterocycles. The van der Waals surface area contributed by atoms with E-state index in [9.17, 15) is 0 Å². The van der Waals surface area contributed by atoms with Crippen LogP contribution < -0.4 is 0 Å². The fourth-order valence-electron chi connectivity index (χ4n) is 0. The van der Waals surface area contributed by atoms with Gasteiger partial charge in [0.05, 0.1) is 0 Å². The molecule has 0 rings (SSSR count). The van der Waals surface area contributed by atoms with Crippen LogP contribution in [0.4, 0.5) is 0 Å². The van der Waals surface area contributed by atoms with Crippen LogP contribution in [-0.2, 0) is 0 Å². The van der Waals surface area contributed by atoms with Crippen LogP contribution in [0, 0.1) is 0 Å². The second-order valence-electron chi connectivity index (χ2n) is 1.15. The number of hydrogen-bond donors (Lipinski definition) is 3. The van der Waals surface area contributed by atoms with Gasteiger partial charge in [-0.2, -0.15) is 12.6 Å². The smallest absolute Gasteiger partial charge is 0.108 e. The second-order valence-corrected chi connectivity index (χ2v) is 2.50. The Bertz CT molecular complexity index is 29.8. The Hall–Kier alpha value is 0.660. The van der Waals surface area contributed by atoms with Gasteiger partial charge in [-0.3, -0.25) is 0 Å². The average Bonchev–Trinajstić information content (AvgIpc) is 1.36. The summed E-state index contributed by atoms with van der Waals surface area (Å²) in [5.74, 6) is 0. The molecule has 0 aromatic rings. The summed E-state index contributed by atoms with van der Waals surface area (Å²) in [5.41, 5.74) is -0.590. The second kappa shape index (κ2) is 2.77. The first-order valence-corrected chi connectivity index (χ1v) is 2.72. The highest BCUT2D eigenvalue weighted by molar-refractivity contribution is 7.85. The van der Waals surface area contributed by atoms with Crippen molar-refractivity contribution < 1.29 is 5.11 Å². The molecular formula is C3H8OS2. The Kier molecular flexibility index (Phi) is 3.08. The third kappa shape index (κ3) is 2.87. The SMILES string of the molecule is CC(S)C(O)S. The summed E-state index contributed by atoms with van der Waals surface area (Å²) < 4.78 is 0. The minimum absolute atomic E-state index is 0.0340. The van der Waals surface area contributed by atoms with E-state index in [-0.39, 0.29) is 5.25 Å². The molecule has 0 radical (unpaired) electrons. The fraction of sp³-hybridized carbons (Fsp3) is 1.00. The zero-order valence-electron chi connectivity index (χ0n) is 3.50. The highest BCUT2D eigenvalue weighted by Gasteiger charge is 1.99. The summed E-state index contributed by atoms with van der Waals surface area (Å²) in [6, 6.07) is 0. The first-order chi connectivity index (χ1) is 2.64. The van der Waals surface area contributed by atoms with E-state index >= 15 is 0 Å². The quantitative estimate of drug-likeness (QED) is 0.344. The Morgan fingerprint density at radius 3 is 1.67 bits per heavy atom. The summed E-state index contributed by atoms with van der Waals surface area (Å²) in [5, 5.41) is 8.38. The van der Waals surface area contributed by atoms with E-state index in [1.165, 1.54) is 0 Å². The van der Waals surface area contributed by atoms with Crippen molar-refractivity contribution in [2.24, 2.45) is 0 Å². The van der Waals surface area contributed by atoms with Gasteiger partial charge in [0.1, 0.15) is 5.44 Å². The molecule has 0 aliphatic rings. The Morgan fingerprint density at radius 1 is 1.50 bits per heavy atom. The van der Waals surface area contributed by atoms with E-state index in [0.29, 0.717) is 0 Å². The van der Waals surface area contributed by atoms with Crippen molar-refractivity contribution in [1.29, 1.82) is 0 Å². The first kappa shape index (κ1) is 6.66. The van der Waals surface area contributed by atoms with Gasteiger partial charge in [-0.25, -0.2) is 0 Å². The van der Waals surface area contributed by atoms with Crippen LogP contribution in [0.15, 0.2) is 0 Å². The lowest BCUT2D eigenvalue weighted by Gasteiger charge is -2.02. The van der Waals surface area contributed by atoms with Crippen LogP contribution in [-0.4, -0.2) is 15.8 Å². The summed E-state index contributed by atoms with van der Waals surface area (Å²) in [7, 11) is 0. The van der Waals surface area contributed by atoms with E-state index in [2.05, 4.69) is 25.3 Å². The Labute approximate surface area is 48.6 Å². The highest BCUT2D eigenvalue weighted by Crippen LogP contribution is 2.02. The van der Waals surface area contributed by atoms with Crippen LogP contribution in [0.5, 0.6) is 0 Å². The summed E-state index contributed by atoms with van der Waals surface area (Å²) in [4.78, 5) is 0. The maximum atomic E-state index is 8.42. The molecule has 38 valence electrons. The molecule has 0 amide bonds. The maximum absolute atomic E-state index is 8.42. The third-order valence-electron chi connectivity index (χ3n) is 0.431. The van der Waals surface area contributed by atoms with Gasteiger partial charge in [0.2, 0.25) is 0 Å². The van der Waals surface area contributed by atoms with Gasteiger partial charge in [0, 0.05) is 5.25 Å². The van der Waals surface area contributed by atoms with Crippen LogP contribution >= 0.6 is 25.3 Å². The molecule has 0 saturated heterocycles. The fourth-order valence-corrected chi connectivity index (χ4v) is 0. The van der Waals surface area contributed by atoms with Crippen molar-refractivity contribution in [3.8, 4) is 0 Å². The number of rotatable bonds is 1. The lowest BCUT2D eigenvalue weighted by atomic mass is 10.5. The van der Waals surface area contributed by atoms with Crippen molar-refractivity contribution >= 4 is 25.3 Å². The zero-order valence-corrected chi connectivity index (χ0v) is 5.29. The number of aliphatic hydroxyl groups is 1. The zero-order chi connectivity index (χ0) is 5.15. The van der Waals surface area contributed by atoms with Gasteiger partial charge in [-0.1, -0.05) is 6.92 Å². The summed E-state index contributed by atoms with van der Waals surface area (Å²) in [6.07, 6.45) is 0. The van der Waals surface area contributed by atoms with Crippen LogP contribution in [0.25, 0.3) is 0 Å². The number of aliphatic hydroxyl groups excluding tert-OH is 1. The van der Waals surface area contributed by atoms with Crippen molar-refractivity contribution in [2.45, 2.75) is 17.6 Å². The number of hydrogen-bond acceptors (Lipinski definition) is 3. The standard InChI is InChI=1S/C3H8OS2/c1-2(5)3(4)6/h2-6H,1H3. The van der Waals surface area contributed by atoms with E-state index < -0.39 is 5.44 Å². The lowest BCUT2D eigenvalue weighted by Crippen LogP contribution is -2.08. The first-order valence-electron chi connectivity index (χ1n) is 1.69. The third-order valence-corrected chi connectivity index (χ3v) is 1.40. The minimum Gasteiger partial charge on any atom is -0.382 e. The average molecular weight is 124 g/mol. The molecule has 1 nitrogen and oxygen atoms in total. The van der Waals surface area contributed by atoms with Gasteiger partial charge in [-0.15, -0.1) is 12.6 Å². The van der Waals surface area contributed by atoms with E-state index in [1.54, 1.807) is 6.92 Å². The van der Waals surface area contributed by atoms with Gasteiger partial charge >= 0.3 is 0 Å². The molecule has 0 aliphatic carbocycles.